The maximum absolute atomic E-state index is 12.7. The van der Waals surface area contributed by atoms with Crippen molar-refractivity contribution in [1.29, 1.82) is 0 Å². The molecular formula is C21H28N2O4S. The van der Waals surface area contributed by atoms with Gasteiger partial charge in [-0.05, 0) is 50.5 Å². The molecule has 3 rings (SSSR count). The van der Waals surface area contributed by atoms with Gasteiger partial charge in [-0.3, -0.25) is 0 Å². The number of nitrogens with one attached hydrogen (secondary N) is 1. The lowest BCUT2D eigenvalue weighted by atomic mass is 10.1. The first-order valence-electron chi connectivity index (χ1n) is 9.72. The van der Waals surface area contributed by atoms with Crippen LogP contribution in [0.1, 0.15) is 20.3 Å². The van der Waals surface area contributed by atoms with E-state index in [4.69, 9.17) is 9.47 Å². The topological polar surface area (TPSA) is 67.9 Å². The molecule has 1 fully saturated rings. The van der Waals surface area contributed by atoms with E-state index < -0.39 is 10.0 Å². The number of sulfonamides is 1. The lowest BCUT2D eigenvalue weighted by Gasteiger charge is -2.19. The van der Waals surface area contributed by atoms with Gasteiger partial charge in [0.15, 0.2) is 11.5 Å². The molecule has 1 N–H and O–H groups in total. The van der Waals surface area contributed by atoms with Crippen molar-refractivity contribution < 1.29 is 17.9 Å². The zero-order chi connectivity index (χ0) is 20.0. The molecule has 0 saturated carbocycles. The number of benzene rings is 2. The Hall–Kier alpha value is -2.25. The molecule has 1 unspecified atom stereocenters. The van der Waals surface area contributed by atoms with Crippen LogP contribution >= 0.6 is 0 Å². The molecule has 2 aromatic rings. The number of rotatable bonds is 9. The fourth-order valence-electron chi connectivity index (χ4n) is 3.38. The molecule has 0 aromatic heterocycles. The predicted octanol–water partition coefficient (Wildman–Crippen LogP) is 3.29. The first kappa shape index (κ1) is 20.5. The Kier molecular flexibility index (Phi) is 6.80. The third-order valence-electron chi connectivity index (χ3n) is 4.79. The summed E-state index contributed by atoms with van der Waals surface area (Å²) in [5, 5.41) is 0. The minimum Gasteiger partial charge on any atom is -0.490 e. The second kappa shape index (κ2) is 9.30. The first-order valence-corrected chi connectivity index (χ1v) is 11.2. The Morgan fingerprint density at radius 1 is 1.04 bits per heavy atom. The SMILES string of the molecule is CCOc1ccc(S(=O)(=O)NCC2CCN(c3ccccc3)C2)cc1OCC. The minimum absolute atomic E-state index is 0.192. The van der Waals surface area contributed by atoms with Crippen LogP contribution in [0.25, 0.3) is 0 Å². The van der Waals surface area contributed by atoms with Crippen molar-refractivity contribution in [1.82, 2.24) is 4.72 Å². The van der Waals surface area contributed by atoms with Gasteiger partial charge in [0, 0.05) is 31.4 Å². The number of hydrogen-bond acceptors (Lipinski definition) is 5. The molecule has 0 spiro atoms. The Labute approximate surface area is 167 Å². The van der Waals surface area contributed by atoms with Crippen molar-refractivity contribution >= 4 is 15.7 Å². The highest BCUT2D eigenvalue weighted by Crippen LogP contribution is 2.30. The van der Waals surface area contributed by atoms with Gasteiger partial charge in [-0.1, -0.05) is 18.2 Å². The Bertz CT molecular complexity index is 871. The summed E-state index contributed by atoms with van der Waals surface area (Å²) in [6.07, 6.45) is 0.963. The molecule has 1 atom stereocenters. The second-order valence-electron chi connectivity index (χ2n) is 6.76. The minimum atomic E-state index is -3.61. The maximum atomic E-state index is 12.7. The fraction of sp³-hybridized carbons (Fsp3) is 0.429. The van der Waals surface area contributed by atoms with Crippen molar-refractivity contribution in [2.24, 2.45) is 5.92 Å². The van der Waals surface area contributed by atoms with Crippen molar-refractivity contribution in [2.75, 3.05) is 37.7 Å². The van der Waals surface area contributed by atoms with E-state index in [-0.39, 0.29) is 10.8 Å². The molecule has 152 valence electrons. The highest BCUT2D eigenvalue weighted by atomic mass is 32.2. The summed E-state index contributed by atoms with van der Waals surface area (Å²) in [5.74, 6) is 1.28. The molecule has 0 radical (unpaired) electrons. The number of ether oxygens (including phenoxy) is 2. The molecule has 1 aliphatic rings. The molecule has 6 nitrogen and oxygen atoms in total. The van der Waals surface area contributed by atoms with Crippen molar-refractivity contribution in [3.63, 3.8) is 0 Å². The Morgan fingerprint density at radius 3 is 2.46 bits per heavy atom. The smallest absolute Gasteiger partial charge is 0.240 e. The standard InChI is InChI=1S/C21H28N2O4S/c1-3-26-20-11-10-19(14-21(20)27-4-2)28(24,25)22-15-17-12-13-23(16-17)18-8-6-5-7-9-18/h5-11,14,17,22H,3-4,12-13,15-16H2,1-2H3. The number of para-hydroxylation sites is 1. The highest BCUT2D eigenvalue weighted by Gasteiger charge is 2.25. The van der Waals surface area contributed by atoms with E-state index in [1.165, 1.54) is 11.8 Å². The van der Waals surface area contributed by atoms with Gasteiger partial charge in [0.05, 0.1) is 18.1 Å². The third-order valence-corrected chi connectivity index (χ3v) is 6.22. The van der Waals surface area contributed by atoms with Crippen molar-refractivity contribution in [2.45, 2.75) is 25.2 Å². The highest BCUT2D eigenvalue weighted by molar-refractivity contribution is 7.89. The molecule has 28 heavy (non-hydrogen) atoms. The summed E-state index contributed by atoms with van der Waals surface area (Å²) in [5.41, 5.74) is 1.18. The number of hydrogen-bond donors (Lipinski definition) is 1. The van der Waals surface area contributed by atoms with E-state index in [9.17, 15) is 8.42 Å². The maximum Gasteiger partial charge on any atom is 0.240 e. The van der Waals surface area contributed by atoms with Crippen LogP contribution < -0.4 is 19.1 Å². The zero-order valence-electron chi connectivity index (χ0n) is 16.4. The largest absolute Gasteiger partial charge is 0.490 e. The van der Waals surface area contributed by atoms with Crippen LogP contribution in [-0.4, -0.2) is 41.3 Å². The van der Waals surface area contributed by atoms with E-state index >= 15 is 0 Å². The molecule has 1 aliphatic heterocycles. The van der Waals surface area contributed by atoms with Gasteiger partial charge in [0.1, 0.15) is 0 Å². The van der Waals surface area contributed by atoms with E-state index in [0.717, 1.165) is 19.5 Å². The predicted molar refractivity (Wildman–Crippen MR) is 111 cm³/mol. The first-order chi connectivity index (χ1) is 13.5. The molecule has 0 amide bonds. The average molecular weight is 405 g/mol. The molecule has 1 heterocycles. The fourth-order valence-corrected chi connectivity index (χ4v) is 4.51. The third kappa shape index (κ3) is 4.97. The molecule has 7 heteroatoms. The number of nitrogens with zero attached hydrogens (tertiary/aromatic N) is 1. The molecule has 0 bridgehead atoms. The van der Waals surface area contributed by atoms with Gasteiger partial charge in [0.25, 0.3) is 0 Å². The molecule has 2 aromatic carbocycles. The van der Waals surface area contributed by atoms with Crippen LogP contribution in [0.5, 0.6) is 11.5 Å². The van der Waals surface area contributed by atoms with Gasteiger partial charge in [0.2, 0.25) is 10.0 Å². The summed E-state index contributed by atoms with van der Waals surface area (Å²) in [7, 11) is -3.61. The summed E-state index contributed by atoms with van der Waals surface area (Å²) in [6, 6.07) is 14.9. The van der Waals surface area contributed by atoms with Crippen LogP contribution in [0.15, 0.2) is 53.4 Å². The van der Waals surface area contributed by atoms with E-state index in [1.807, 2.05) is 32.0 Å². The van der Waals surface area contributed by atoms with Crippen LogP contribution in [0, 0.1) is 5.92 Å². The van der Waals surface area contributed by atoms with Gasteiger partial charge >= 0.3 is 0 Å². The Balaban J connectivity index is 1.63. The number of anilines is 1. The van der Waals surface area contributed by atoms with Gasteiger partial charge in [-0.2, -0.15) is 0 Å². The van der Waals surface area contributed by atoms with Crippen LogP contribution in [0.4, 0.5) is 5.69 Å². The van der Waals surface area contributed by atoms with E-state index in [0.29, 0.717) is 31.3 Å². The summed E-state index contributed by atoms with van der Waals surface area (Å²) in [6.45, 7) is 6.87. The second-order valence-corrected chi connectivity index (χ2v) is 8.53. The zero-order valence-corrected chi connectivity index (χ0v) is 17.2. The normalized spacial score (nSPS) is 16.9. The lowest BCUT2D eigenvalue weighted by Crippen LogP contribution is -2.31. The van der Waals surface area contributed by atoms with E-state index in [2.05, 4.69) is 21.8 Å². The van der Waals surface area contributed by atoms with Crippen LogP contribution in [0.2, 0.25) is 0 Å². The van der Waals surface area contributed by atoms with Gasteiger partial charge < -0.3 is 14.4 Å². The van der Waals surface area contributed by atoms with Gasteiger partial charge in [-0.25, -0.2) is 13.1 Å². The van der Waals surface area contributed by atoms with Crippen LogP contribution in [-0.2, 0) is 10.0 Å². The molecule has 0 aliphatic carbocycles. The summed E-state index contributed by atoms with van der Waals surface area (Å²) in [4.78, 5) is 2.49. The van der Waals surface area contributed by atoms with Crippen LogP contribution in [0.3, 0.4) is 0 Å². The summed E-state index contributed by atoms with van der Waals surface area (Å²) >= 11 is 0. The van der Waals surface area contributed by atoms with Crippen molar-refractivity contribution in [3.8, 4) is 11.5 Å². The summed E-state index contributed by atoms with van der Waals surface area (Å²) < 4.78 is 39.3. The lowest BCUT2D eigenvalue weighted by molar-refractivity contribution is 0.287. The average Bonchev–Trinajstić information content (AvgIpc) is 3.18. The molecular weight excluding hydrogens is 376 g/mol. The monoisotopic (exact) mass is 404 g/mol. The van der Waals surface area contributed by atoms with Gasteiger partial charge in [-0.15, -0.1) is 0 Å². The van der Waals surface area contributed by atoms with E-state index in [1.54, 1.807) is 12.1 Å². The Morgan fingerprint density at radius 2 is 1.75 bits per heavy atom. The molecule has 1 saturated heterocycles. The quantitative estimate of drug-likeness (QED) is 0.695. The van der Waals surface area contributed by atoms with Crippen molar-refractivity contribution in [3.05, 3.63) is 48.5 Å².